The van der Waals surface area contributed by atoms with Crippen LogP contribution in [-0.4, -0.2) is 29.6 Å². The van der Waals surface area contributed by atoms with Crippen molar-refractivity contribution in [2.75, 3.05) is 18.5 Å². The molecule has 0 aliphatic carbocycles. The molecule has 1 rings (SSSR count). The number of hydrogen-bond acceptors (Lipinski definition) is 4. The average Bonchev–Trinajstić information content (AvgIpc) is 2.31. The largest absolute Gasteiger partial charge is 0.481 e. The molecule has 0 saturated carbocycles. The summed E-state index contributed by atoms with van der Waals surface area (Å²) in [5.74, 6) is -1.64. The molecule has 8 heteroatoms. The van der Waals surface area contributed by atoms with Crippen LogP contribution in [0.5, 0.6) is 0 Å². The highest BCUT2D eigenvalue weighted by atomic mass is 79.9. The van der Waals surface area contributed by atoms with Crippen molar-refractivity contribution in [2.45, 2.75) is 12.8 Å². The predicted octanol–water partition coefficient (Wildman–Crippen LogP) is 2.80. The van der Waals surface area contributed by atoms with E-state index in [0.717, 1.165) is 6.07 Å². The highest BCUT2D eigenvalue weighted by Crippen LogP contribution is 2.32. The fourth-order valence-corrected chi connectivity index (χ4v) is 1.90. The molecule has 0 aliphatic heterocycles. The van der Waals surface area contributed by atoms with E-state index < -0.39 is 16.7 Å². The molecule has 19 heavy (non-hydrogen) atoms. The van der Waals surface area contributed by atoms with Gasteiger partial charge in [0.2, 0.25) is 0 Å². The van der Waals surface area contributed by atoms with Crippen LogP contribution in [-0.2, 0) is 4.79 Å². The van der Waals surface area contributed by atoms with E-state index in [9.17, 15) is 19.3 Å². The Morgan fingerprint density at radius 1 is 1.58 bits per heavy atom. The van der Waals surface area contributed by atoms with E-state index in [1.54, 1.807) is 7.05 Å². The number of benzene rings is 1. The number of nitro groups is 1. The van der Waals surface area contributed by atoms with Crippen LogP contribution in [0.25, 0.3) is 0 Å². The summed E-state index contributed by atoms with van der Waals surface area (Å²) >= 11 is 2.97. The summed E-state index contributed by atoms with van der Waals surface area (Å²) in [5.41, 5.74) is -0.109. The van der Waals surface area contributed by atoms with Crippen molar-refractivity contribution < 1.29 is 19.2 Å². The summed E-state index contributed by atoms with van der Waals surface area (Å²) < 4.78 is 13.4. The molecule has 104 valence electrons. The molecule has 0 spiro atoms. The van der Waals surface area contributed by atoms with Gasteiger partial charge in [0.15, 0.2) is 0 Å². The lowest BCUT2D eigenvalue weighted by Gasteiger charge is -2.19. The fraction of sp³-hybridized carbons (Fsp3) is 0.364. The minimum Gasteiger partial charge on any atom is -0.481 e. The summed E-state index contributed by atoms with van der Waals surface area (Å²) in [4.78, 5) is 22.1. The van der Waals surface area contributed by atoms with Gasteiger partial charge in [-0.25, -0.2) is 4.39 Å². The molecule has 1 aromatic rings. The van der Waals surface area contributed by atoms with Crippen LogP contribution >= 0.6 is 15.9 Å². The third-order valence-electron chi connectivity index (χ3n) is 2.51. The zero-order valence-electron chi connectivity index (χ0n) is 10.1. The van der Waals surface area contributed by atoms with Gasteiger partial charge >= 0.3 is 5.97 Å². The van der Waals surface area contributed by atoms with E-state index in [1.807, 2.05) is 0 Å². The Labute approximate surface area is 117 Å². The number of carboxylic acids is 1. The first-order chi connectivity index (χ1) is 8.82. The van der Waals surface area contributed by atoms with Gasteiger partial charge in [0.25, 0.3) is 5.69 Å². The van der Waals surface area contributed by atoms with Crippen molar-refractivity contribution in [3.63, 3.8) is 0 Å². The smallest absolute Gasteiger partial charge is 0.303 e. The maximum Gasteiger partial charge on any atom is 0.303 e. The van der Waals surface area contributed by atoms with Gasteiger partial charge in [-0.05, 0) is 28.4 Å². The number of hydrogen-bond donors (Lipinski definition) is 1. The van der Waals surface area contributed by atoms with Gasteiger partial charge < -0.3 is 10.0 Å². The first kappa shape index (κ1) is 15.4. The van der Waals surface area contributed by atoms with Crippen LogP contribution in [0.15, 0.2) is 16.6 Å². The second-order valence-electron chi connectivity index (χ2n) is 3.93. The van der Waals surface area contributed by atoms with Crippen molar-refractivity contribution in [3.8, 4) is 0 Å². The minimum atomic E-state index is -0.928. The summed E-state index contributed by atoms with van der Waals surface area (Å²) in [6, 6.07) is 2.15. The van der Waals surface area contributed by atoms with Crippen molar-refractivity contribution in [1.82, 2.24) is 0 Å². The second kappa shape index (κ2) is 6.46. The number of nitro benzene ring substituents is 1. The third-order valence-corrected chi connectivity index (χ3v) is 3.12. The van der Waals surface area contributed by atoms with Crippen molar-refractivity contribution in [3.05, 3.63) is 32.5 Å². The molecule has 0 aromatic heterocycles. The molecule has 6 nitrogen and oxygen atoms in total. The summed E-state index contributed by atoms with van der Waals surface area (Å²) in [6.07, 6.45) is 0.318. The fourth-order valence-electron chi connectivity index (χ4n) is 1.57. The number of aliphatic carboxylic acids is 1. The van der Waals surface area contributed by atoms with Crippen molar-refractivity contribution in [2.24, 2.45) is 0 Å². The van der Waals surface area contributed by atoms with Gasteiger partial charge in [-0.3, -0.25) is 14.9 Å². The van der Waals surface area contributed by atoms with Crippen LogP contribution in [0.1, 0.15) is 12.8 Å². The Balaban J connectivity index is 2.94. The zero-order chi connectivity index (χ0) is 14.6. The molecule has 0 amide bonds. The molecular weight excluding hydrogens is 323 g/mol. The summed E-state index contributed by atoms with van der Waals surface area (Å²) in [6.45, 7) is 0.325. The van der Waals surface area contributed by atoms with E-state index in [4.69, 9.17) is 5.11 Å². The van der Waals surface area contributed by atoms with E-state index in [0.29, 0.717) is 13.0 Å². The van der Waals surface area contributed by atoms with Crippen LogP contribution in [0.4, 0.5) is 15.8 Å². The Bertz CT molecular complexity index is 510. The SMILES string of the molecule is CN(CCCC(=O)O)c1cc(Br)c(F)cc1[N+](=O)[O-]. The summed E-state index contributed by atoms with van der Waals surface area (Å²) in [5, 5.41) is 19.4. The Kier molecular flexibility index (Phi) is 5.22. The molecule has 0 atom stereocenters. The van der Waals surface area contributed by atoms with Gasteiger partial charge in [-0.2, -0.15) is 0 Å². The monoisotopic (exact) mass is 334 g/mol. The second-order valence-corrected chi connectivity index (χ2v) is 4.79. The number of anilines is 1. The van der Waals surface area contributed by atoms with E-state index in [1.165, 1.54) is 11.0 Å². The number of carbonyl (C=O) groups is 1. The Hall–Kier alpha value is -1.70. The van der Waals surface area contributed by atoms with Crippen LogP contribution in [0, 0.1) is 15.9 Å². The topological polar surface area (TPSA) is 83.7 Å². The first-order valence-electron chi connectivity index (χ1n) is 5.39. The molecule has 0 radical (unpaired) electrons. The average molecular weight is 335 g/mol. The van der Waals surface area contributed by atoms with E-state index >= 15 is 0 Å². The third kappa shape index (κ3) is 4.16. The van der Waals surface area contributed by atoms with Gasteiger partial charge in [0, 0.05) is 20.0 Å². The van der Waals surface area contributed by atoms with Crippen LogP contribution in [0.2, 0.25) is 0 Å². The minimum absolute atomic E-state index is 0.0273. The molecule has 0 fully saturated rings. The quantitative estimate of drug-likeness (QED) is 0.638. The highest BCUT2D eigenvalue weighted by molar-refractivity contribution is 9.10. The standard InChI is InChI=1S/C11H12BrFN2O4/c1-14(4-2-3-11(16)17)9-5-7(12)8(13)6-10(9)15(18)19/h5-6H,2-4H2,1H3,(H,16,17). The molecule has 1 aromatic carbocycles. The number of nitrogens with zero attached hydrogens (tertiary/aromatic N) is 2. The number of carboxylic acid groups (broad SMARTS) is 1. The number of rotatable bonds is 6. The van der Waals surface area contributed by atoms with Crippen molar-refractivity contribution >= 4 is 33.3 Å². The summed E-state index contributed by atoms with van der Waals surface area (Å²) in [7, 11) is 1.59. The molecule has 0 heterocycles. The normalized spacial score (nSPS) is 10.3. The maximum atomic E-state index is 13.3. The zero-order valence-corrected chi connectivity index (χ0v) is 11.7. The lowest BCUT2D eigenvalue weighted by molar-refractivity contribution is -0.384. The molecule has 0 bridgehead atoms. The van der Waals surface area contributed by atoms with Gasteiger partial charge in [-0.15, -0.1) is 0 Å². The van der Waals surface area contributed by atoms with Crippen LogP contribution < -0.4 is 4.90 Å². The molecule has 1 N–H and O–H groups in total. The van der Waals surface area contributed by atoms with E-state index in [-0.39, 0.29) is 22.3 Å². The molecule has 0 aliphatic rings. The van der Waals surface area contributed by atoms with Gasteiger partial charge in [0.1, 0.15) is 11.5 Å². The van der Waals surface area contributed by atoms with E-state index in [2.05, 4.69) is 15.9 Å². The Morgan fingerprint density at radius 3 is 2.74 bits per heavy atom. The molecule has 0 saturated heterocycles. The molecular formula is C11H12BrFN2O4. The van der Waals surface area contributed by atoms with Gasteiger partial charge in [0.05, 0.1) is 15.5 Å². The lowest BCUT2D eigenvalue weighted by Crippen LogP contribution is -2.20. The first-order valence-corrected chi connectivity index (χ1v) is 6.18. The number of halogens is 2. The van der Waals surface area contributed by atoms with Crippen molar-refractivity contribution in [1.29, 1.82) is 0 Å². The van der Waals surface area contributed by atoms with Gasteiger partial charge in [-0.1, -0.05) is 0 Å². The van der Waals surface area contributed by atoms with Crippen LogP contribution in [0.3, 0.4) is 0 Å². The lowest BCUT2D eigenvalue weighted by atomic mass is 10.2. The maximum absolute atomic E-state index is 13.3. The highest BCUT2D eigenvalue weighted by Gasteiger charge is 2.20. The Morgan fingerprint density at radius 2 is 2.21 bits per heavy atom. The molecule has 0 unspecified atom stereocenters. The predicted molar refractivity (Wildman–Crippen MR) is 70.9 cm³/mol.